The van der Waals surface area contributed by atoms with Crippen molar-refractivity contribution in [3.05, 3.63) is 52.4 Å². The molecule has 1 aromatic carbocycles. The Balaban J connectivity index is 1.37. The van der Waals surface area contributed by atoms with Gasteiger partial charge in [-0.05, 0) is 31.0 Å². The van der Waals surface area contributed by atoms with Gasteiger partial charge in [0.1, 0.15) is 12.1 Å². The van der Waals surface area contributed by atoms with E-state index in [2.05, 4.69) is 14.9 Å². The van der Waals surface area contributed by atoms with Gasteiger partial charge in [-0.15, -0.1) is 0 Å². The lowest BCUT2D eigenvalue weighted by atomic mass is 10.1. The molecule has 1 saturated heterocycles. The lowest BCUT2D eigenvalue weighted by Crippen LogP contribution is -2.54. The number of halogens is 1. The zero-order valence-electron chi connectivity index (χ0n) is 15.8. The van der Waals surface area contributed by atoms with Crippen molar-refractivity contribution in [1.29, 1.82) is 0 Å². The van der Waals surface area contributed by atoms with E-state index < -0.39 is 6.04 Å². The summed E-state index contributed by atoms with van der Waals surface area (Å²) in [6.07, 6.45) is 2.10. The number of rotatable bonds is 4. The maximum absolute atomic E-state index is 12.8. The molecule has 28 heavy (non-hydrogen) atoms. The van der Waals surface area contributed by atoms with Crippen LogP contribution >= 0.6 is 11.6 Å². The highest BCUT2D eigenvalue weighted by atomic mass is 35.5. The van der Waals surface area contributed by atoms with Gasteiger partial charge < -0.3 is 20.3 Å². The second-order valence-electron chi connectivity index (χ2n) is 7.26. The second-order valence-corrected chi connectivity index (χ2v) is 7.70. The van der Waals surface area contributed by atoms with E-state index in [1.165, 1.54) is 0 Å². The molecule has 0 bridgehead atoms. The average Bonchev–Trinajstić information content (AvgIpc) is 3.10. The first kappa shape index (κ1) is 19.1. The Morgan fingerprint density at radius 3 is 2.68 bits per heavy atom. The van der Waals surface area contributed by atoms with Crippen molar-refractivity contribution in [2.24, 2.45) is 5.73 Å². The molecule has 1 fully saturated rings. The number of hydrogen-bond acceptors (Lipinski definition) is 6. The smallest absolute Gasteiger partial charge is 0.239 e. The third-order valence-corrected chi connectivity index (χ3v) is 5.65. The van der Waals surface area contributed by atoms with Crippen molar-refractivity contribution < 1.29 is 9.53 Å². The Morgan fingerprint density at radius 2 is 1.96 bits per heavy atom. The van der Waals surface area contributed by atoms with Gasteiger partial charge in [0, 0.05) is 36.8 Å². The van der Waals surface area contributed by atoms with Gasteiger partial charge in [-0.3, -0.25) is 4.79 Å². The Bertz CT molecular complexity index is 852. The lowest BCUT2D eigenvalue weighted by molar-refractivity contribution is -0.132. The van der Waals surface area contributed by atoms with Crippen LogP contribution in [0.3, 0.4) is 0 Å². The van der Waals surface area contributed by atoms with Crippen molar-refractivity contribution in [3.8, 4) is 0 Å². The fourth-order valence-electron chi connectivity index (χ4n) is 3.83. The summed E-state index contributed by atoms with van der Waals surface area (Å²) in [4.78, 5) is 25.6. The van der Waals surface area contributed by atoms with Crippen LogP contribution in [0.25, 0.3) is 0 Å². The van der Waals surface area contributed by atoms with Crippen LogP contribution in [-0.2, 0) is 22.6 Å². The molecule has 2 aliphatic rings. The molecule has 0 saturated carbocycles. The van der Waals surface area contributed by atoms with Crippen LogP contribution in [-0.4, -0.2) is 53.0 Å². The van der Waals surface area contributed by atoms with Gasteiger partial charge in [0.05, 0.1) is 24.4 Å². The Morgan fingerprint density at radius 1 is 1.25 bits per heavy atom. The second kappa shape index (κ2) is 8.03. The molecule has 8 heteroatoms. The minimum absolute atomic E-state index is 0.00124. The summed E-state index contributed by atoms with van der Waals surface area (Å²) in [6, 6.07) is 6.90. The van der Waals surface area contributed by atoms with E-state index in [-0.39, 0.29) is 12.0 Å². The molecule has 0 aliphatic carbocycles. The number of benzene rings is 1. The molecule has 148 valence electrons. The number of nitrogens with two attached hydrogens (primary N) is 1. The van der Waals surface area contributed by atoms with Gasteiger partial charge in [-0.2, -0.15) is 0 Å². The Kier molecular flexibility index (Phi) is 5.48. The average molecular weight is 402 g/mol. The summed E-state index contributed by atoms with van der Waals surface area (Å²) >= 11 is 5.91. The van der Waals surface area contributed by atoms with Crippen LogP contribution < -0.4 is 10.6 Å². The Labute approximate surface area is 169 Å². The number of anilines is 1. The highest BCUT2D eigenvalue weighted by Gasteiger charge is 2.31. The van der Waals surface area contributed by atoms with Crippen molar-refractivity contribution in [2.45, 2.75) is 32.1 Å². The van der Waals surface area contributed by atoms with E-state index in [9.17, 15) is 4.79 Å². The summed E-state index contributed by atoms with van der Waals surface area (Å²) in [6.45, 7) is 5.24. The minimum Gasteiger partial charge on any atom is -0.367 e. The van der Waals surface area contributed by atoms with Crippen LogP contribution in [0.5, 0.6) is 0 Å². The summed E-state index contributed by atoms with van der Waals surface area (Å²) in [5.41, 5.74) is 9.22. The first-order chi connectivity index (χ1) is 13.5. The van der Waals surface area contributed by atoms with E-state index >= 15 is 0 Å². The van der Waals surface area contributed by atoms with Crippen molar-refractivity contribution in [2.75, 3.05) is 31.1 Å². The molecule has 7 nitrogen and oxygen atoms in total. The first-order valence-corrected chi connectivity index (χ1v) is 9.90. The SMILES string of the molecule is C[C@H]1OCc2ncnc(N3CCN(C(=O)[C@H](N)Cc4ccc(Cl)cc4)CC3)c21. The van der Waals surface area contributed by atoms with Crippen molar-refractivity contribution in [3.63, 3.8) is 0 Å². The van der Waals surface area contributed by atoms with Crippen molar-refractivity contribution in [1.82, 2.24) is 14.9 Å². The van der Waals surface area contributed by atoms with Gasteiger partial charge in [0.25, 0.3) is 0 Å². The molecule has 2 aliphatic heterocycles. The molecule has 0 spiro atoms. The number of amides is 1. The normalized spacial score (nSPS) is 20.2. The minimum atomic E-state index is -0.551. The molecule has 2 aromatic rings. The van der Waals surface area contributed by atoms with E-state index in [0.29, 0.717) is 31.1 Å². The zero-order valence-corrected chi connectivity index (χ0v) is 16.6. The van der Waals surface area contributed by atoms with Gasteiger partial charge in [-0.25, -0.2) is 9.97 Å². The third-order valence-electron chi connectivity index (χ3n) is 5.40. The summed E-state index contributed by atoms with van der Waals surface area (Å²) in [7, 11) is 0. The van der Waals surface area contributed by atoms with Gasteiger partial charge >= 0.3 is 0 Å². The number of fused-ring (bicyclic) bond motifs is 1. The number of carbonyl (C=O) groups excluding carboxylic acids is 1. The highest BCUT2D eigenvalue weighted by Crippen LogP contribution is 2.35. The predicted molar refractivity (Wildman–Crippen MR) is 107 cm³/mol. The van der Waals surface area contributed by atoms with Crippen molar-refractivity contribution >= 4 is 23.3 Å². The summed E-state index contributed by atoms with van der Waals surface area (Å²) in [5, 5.41) is 0.677. The number of aromatic nitrogens is 2. The summed E-state index contributed by atoms with van der Waals surface area (Å²) in [5.74, 6) is 0.909. The molecule has 2 N–H and O–H groups in total. The van der Waals surface area contributed by atoms with Gasteiger partial charge in [0.15, 0.2) is 0 Å². The molecule has 0 radical (unpaired) electrons. The van der Waals surface area contributed by atoms with Crippen LogP contribution in [0.4, 0.5) is 5.82 Å². The maximum Gasteiger partial charge on any atom is 0.239 e. The first-order valence-electron chi connectivity index (χ1n) is 9.52. The summed E-state index contributed by atoms with van der Waals surface area (Å²) < 4.78 is 5.69. The fourth-order valence-corrected chi connectivity index (χ4v) is 3.95. The molecule has 1 amide bonds. The van der Waals surface area contributed by atoms with Crippen LogP contribution in [0.2, 0.25) is 5.02 Å². The molecule has 0 unspecified atom stereocenters. The van der Waals surface area contributed by atoms with E-state index in [0.717, 1.165) is 35.7 Å². The molecule has 4 rings (SSSR count). The van der Waals surface area contributed by atoms with E-state index in [1.54, 1.807) is 6.33 Å². The molecular weight excluding hydrogens is 378 g/mol. The number of hydrogen-bond donors (Lipinski definition) is 1. The topological polar surface area (TPSA) is 84.6 Å². The highest BCUT2D eigenvalue weighted by molar-refractivity contribution is 6.30. The van der Waals surface area contributed by atoms with E-state index in [4.69, 9.17) is 22.1 Å². The van der Waals surface area contributed by atoms with Crippen LogP contribution in [0.1, 0.15) is 29.8 Å². The standard InChI is InChI=1S/C20H24ClN5O2/c1-13-18-17(11-28-13)23-12-24-19(18)25-6-8-26(9-7-25)20(27)16(22)10-14-2-4-15(21)5-3-14/h2-5,12-13,16H,6-11,22H2,1H3/t13-,16-/m1/s1. The molecule has 1 aromatic heterocycles. The van der Waals surface area contributed by atoms with Crippen LogP contribution in [0, 0.1) is 0 Å². The maximum atomic E-state index is 12.8. The van der Waals surface area contributed by atoms with Gasteiger partial charge in [0.2, 0.25) is 5.91 Å². The number of ether oxygens (including phenoxy) is 1. The molecular formula is C20H24ClN5O2. The predicted octanol–water partition coefficient (Wildman–Crippen LogP) is 1.94. The lowest BCUT2D eigenvalue weighted by Gasteiger charge is -2.37. The monoisotopic (exact) mass is 401 g/mol. The Hall–Kier alpha value is -2.22. The quantitative estimate of drug-likeness (QED) is 0.842. The van der Waals surface area contributed by atoms with Gasteiger partial charge in [-0.1, -0.05) is 23.7 Å². The molecule has 2 atom stereocenters. The number of piperazine rings is 1. The fraction of sp³-hybridized carbons (Fsp3) is 0.450. The number of nitrogens with zero attached hydrogens (tertiary/aromatic N) is 4. The zero-order chi connectivity index (χ0) is 19.7. The van der Waals surface area contributed by atoms with E-state index in [1.807, 2.05) is 36.1 Å². The molecule has 3 heterocycles. The van der Waals surface area contributed by atoms with Crippen LogP contribution in [0.15, 0.2) is 30.6 Å². The number of carbonyl (C=O) groups is 1. The largest absolute Gasteiger partial charge is 0.367 e. The third kappa shape index (κ3) is 3.83.